The van der Waals surface area contributed by atoms with Crippen molar-refractivity contribution in [1.29, 1.82) is 0 Å². The molecule has 11 heteroatoms. The fourth-order valence-electron chi connectivity index (χ4n) is 4.15. The Hall–Kier alpha value is -3.60. The summed E-state index contributed by atoms with van der Waals surface area (Å²) in [4.78, 5) is 42.7. The number of thioether (sulfide) groups is 1. The van der Waals surface area contributed by atoms with Crippen molar-refractivity contribution >= 4 is 46.6 Å². The number of rotatable bonds is 9. The Morgan fingerprint density at radius 3 is 2.51 bits per heavy atom. The van der Waals surface area contributed by atoms with Crippen LogP contribution in [0.3, 0.4) is 0 Å². The monoisotopic (exact) mass is 569 g/mol. The van der Waals surface area contributed by atoms with Gasteiger partial charge in [0.25, 0.3) is 11.6 Å². The Kier molecular flexibility index (Phi) is 9.11. The van der Waals surface area contributed by atoms with Crippen LogP contribution in [0.4, 0.5) is 11.4 Å². The van der Waals surface area contributed by atoms with Gasteiger partial charge in [-0.05, 0) is 49.5 Å². The van der Waals surface area contributed by atoms with Crippen LogP contribution in [-0.4, -0.2) is 61.6 Å². The van der Waals surface area contributed by atoms with E-state index in [9.17, 15) is 19.7 Å². The first kappa shape index (κ1) is 28.4. The summed E-state index contributed by atoms with van der Waals surface area (Å²) in [5.74, 6) is -0.562. The normalized spacial score (nSPS) is 16.9. The first-order valence-corrected chi connectivity index (χ1v) is 13.5. The number of non-ortho nitro benzene ring substituents is 1. The molecule has 0 fully saturated rings. The van der Waals surface area contributed by atoms with E-state index < -0.39 is 22.2 Å². The molecule has 39 heavy (non-hydrogen) atoms. The van der Waals surface area contributed by atoms with E-state index >= 15 is 0 Å². The predicted molar refractivity (Wildman–Crippen MR) is 151 cm³/mol. The lowest BCUT2D eigenvalue weighted by Gasteiger charge is -2.29. The van der Waals surface area contributed by atoms with Crippen LogP contribution in [-0.2, 0) is 9.53 Å². The number of hydrogen-bond acceptors (Lipinski definition) is 8. The smallest absolute Gasteiger partial charge is 0.340 e. The summed E-state index contributed by atoms with van der Waals surface area (Å²) in [6.07, 6.45) is -1.21. The zero-order valence-electron chi connectivity index (χ0n) is 21.7. The van der Waals surface area contributed by atoms with Crippen LogP contribution in [0.15, 0.2) is 71.6 Å². The van der Waals surface area contributed by atoms with Crippen molar-refractivity contribution in [3.8, 4) is 5.75 Å². The number of carbonyl (C=O) groups excluding carboxylic acids is 2. The van der Waals surface area contributed by atoms with Gasteiger partial charge in [-0.3, -0.25) is 14.9 Å². The fraction of sp³-hybridized carbons (Fsp3) is 0.286. The lowest BCUT2D eigenvalue weighted by Crippen LogP contribution is -2.45. The molecule has 2 atom stereocenters. The number of amides is 1. The van der Waals surface area contributed by atoms with Crippen LogP contribution in [0.2, 0.25) is 5.02 Å². The second-order valence-electron chi connectivity index (χ2n) is 8.91. The molecule has 3 aromatic rings. The topological polar surface area (TPSA) is 102 Å². The van der Waals surface area contributed by atoms with Gasteiger partial charge in [-0.2, -0.15) is 0 Å². The van der Waals surface area contributed by atoms with Crippen LogP contribution in [0.5, 0.6) is 5.75 Å². The molecule has 0 saturated heterocycles. The van der Waals surface area contributed by atoms with E-state index in [1.807, 2.05) is 50.4 Å². The number of hydrogen-bond donors (Lipinski definition) is 0. The molecule has 0 N–H and O–H groups in total. The van der Waals surface area contributed by atoms with E-state index in [1.54, 1.807) is 24.1 Å². The third-order valence-corrected chi connectivity index (χ3v) is 8.19. The average Bonchev–Trinajstić information content (AvgIpc) is 3.05. The van der Waals surface area contributed by atoms with Gasteiger partial charge < -0.3 is 19.3 Å². The molecule has 0 saturated carbocycles. The number of esters is 1. The average molecular weight is 570 g/mol. The number of anilines is 1. The van der Waals surface area contributed by atoms with Gasteiger partial charge in [0.2, 0.25) is 0 Å². The minimum absolute atomic E-state index is 0.0624. The van der Waals surface area contributed by atoms with Crippen LogP contribution >= 0.6 is 23.4 Å². The minimum atomic E-state index is -1.21. The summed E-state index contributed by atoms with van der Waals surface area (Å²) in [5, 5.41) is 10.4. The van der Waals surface area contributed by atoms with E-state index in [-0.39, 0.29) is 22.2 Å². The van der Waals surface area contributed by atoms with Crippen LogP contribution in [0.25, 0.3) is 0 Å². The Balaban J connectivity index is 1.76. The molecule has 2 unspecified atom stereocenters. The molecule has 0 aromatic heterocycles. The Morgan fingerprint density at radius 2 is 1.87 bits per heavy atom. The number of halogens is 1. The molecule has 204 valence electrons. The van der Waals surface area contributed by atoms with Gasteiger partial charge in [0.15, 0.2) is 6.10 Å². The van der Waals surface area contributed by atoms with Gasteiger partial charge in [0.05, 0.1) is 33.6 Å². The number of methoxy groups -OCH3 is 1. The van der Waals surface area contributed by atoms with Crippen molar-refractivity contribution in [1.82, 2.24) is 4.90 Å². The Labute approximate surface area is 235 Å². The summed E-state index contributed by atoms with van der Waals surface area (Å²) >= 11 is 7.65. The molecule has 1 heterocycles. The summed E-state index contributed by atoms with van der Waals surface area (Å²) < 4.78 is 11.2. The summed E-state index contributed by atoms with van der Waals surface area (Å²) in [6, 6.07) is 18.4. The van der Waals surface area contributed by atoms with Crippen LogP contribution < -0.4 is 9.64 Å². The highest BCUT2D eigenvalue weighted by atomic mass is 35.5. The number of carbonyl (C=O) groups is 2. The first-order valence-electron chi connectivity index (χ1n) is 12.3. The van der Waals surface area contributed by atoms with Gasteiger partial charge in [0.1, 0.15) is 5.75 Å². The van der Waals surface area contributed by atoms with Crippen molar-refractivity contribution in [3.05, 3.63) is 93.0 Å². The second-order valence-corrected chi connectivity index (χ2v) is 10.5. The molecule has 9 nitrogen and oxygen atoms in total. The van der Waals surface area contributed by atoms with Crippen molar-refractivity contribution in [2.24, 2.45) is 0 Å². The zero-order chi connectivity index (χ0) is 28.1. The van der Waals surface area contributed by atoms with Crippen molar-refractivity contribution in [3.63, 3.8) is 0 Å². The largest absolute Gasteiger partial charge is 0.497 e. The first-order chi connectivity index (χ1) is 18.7. The van der Waals surface area contributed by atoms with Crippen molar-refractivity contribution in [2.75, 3.05) is 38.7 Å². The van der Waals surface area contributed by atoms with Gasteiger partial charge in [0, 0.05) is 30.1 Å². The van der Waals surface area contributed by atoms with Crippen LogP contribution in [0, 0.1) is 10.1 Å². The minimum Gasteiger partial charge on any atom is -0.497 e. The highest BCUT2D eigenvalue weighted by molar-refractivity contribution is 7.99. The number of benzene rings is 3. The van der Waals surface area contributed by atoms with Gasteiger partial charge in [-0.25, -0.2) is 4.79 Å². The molecule has 4 rings (SSSR count). The molecule has 3 aromatic carbocycles. The number of ether oxygens (including phenoxy) is 2. The molecule has 0 spiro atoms. The maximum Gasteiger partial charge on any atom is 0.340 e. The molecular weight excluding hydrogens is 542 g/mol. The Morgan fingerprint density at radius 1 is 1.15 bits per heavy atom. The summed E-state index contributed by atoms with van der Waals surface area (Å²) in [5.41, 5.74) is 1.19. The molecule has 0 bridgehead atoms. The highest BCUT2D eigenvalue weighted by Crippen LogP contribution is 2.47. The van der Waals surface area contributed by atoms with Crippen molar-refractivity contribution < 1.29 is 24.0 Å². The second kappa shape index (κ2) is 12.5. The van der Waals surface area contributed by atoms with E-state index in [2.05, 4.69) is 4.90 Å². The summed E-state index contributed by atoms with van der Waals surface area (Å²) in [7, 11) is 3.54. The fourth-order valence-corrected chi connectivity index (χ4v) is 5.72. The SMILES string of the molecule is CCN(C)CCN1C(=O)C(OC(=O)c2ccc([N+](=O)[O-])cc2Cl)C(c2ccc(OC)cc2)Sc2ccccc21. The summed E-state index contributed by atoms with van der Waals surface area (Å²) in [6.45, 7) is 3.85. The quantitative estimate of drug-likeness (QED) is 0.186. The molecule has 1 aliphatic heterocycles. The number of nitro benzene ring substituents is 1. The number of para-hydroxylation sites is 1. The Bertz CT molecular complexity index is 1370. The molecule has 1 aliphatic rings. The molecular formula is C28H28ClN3O6S. The molecule has 1 amide bonds. The van der Waals surface area contributed by atoms with Gasteiger partial charge in [-0.1, -0.05) is 42.8 Å². The highest BCUT2D eigenvalue weighted by Gasteiger charge is 2.41. The molecule has 0 radical (unpaired) electrons. The number of fused-ring (bicyclic) bond motifs is 1. The third kappa shape index (κ3) is 6.35. The zero-order valence-corrected chi connectivity index (χ0v) is 23.3. The van der Waals surface area contributed by atoms with Gasteiger partial charge >= 0.3 is 5.97 Å². The number of likely N-dealkylation sites (N-methyl/N-ethyl adjacent to an activating group) is 1. The lowest BCUT2D eigenvalue weighted by molar-refractivity contribution is -0.384. The van der Waals surface area contributed by atoms with E-state index in [0.717, 1.165) is 28.8 Å². The number of nitro groups is 1. The van der Waals surface area contributed by atoms with Crippen molar-refractivity contribution in [2.45, 2.75) is 23.2 Å². The van der Waals surface area contributed by atoms with Gasteiger partial charge in [-0.15, -0.1) is 11.8 Å². The lowest BCUT2D eigenvalue weighted by atomic mass is 10.0. The third-order valence-electron chi connectivity index (χ3n) is 6.50. The van der Waals surface area contributed by atoms with Crippen LogP contribution in [0.1, 0.15) is 28.1 Å². The number of nitrogens with zero attached hydrogens (tertiary/aromatic N) is 3. The van der Waals surface area contributed by atoms with E-state index in [1.165, 1.54) is 23.9 Å². The van der Waals surface area contributed by atoms with E-state index in [0.29, 0.717) is 18.8 Å². The maximum atomic E-state index is 14.2. The standard InChI is InChI=1S/C28H28ClN3O6S/c1-4-30(2)15-16-31-23-7-5-6-8-24(23)39-26(18-9-12-20(37-3)13-10-18)25(27(31)33)38-28(34)21-14-11-19(32(35)36)17-22(21)29/h5-14,17,25-26H,4,15-16H2,1-3H3. The molecule has 0 aliphatic carbocycles. The maximum absolute atomic E-state index is 14.2. The van der Waals surface area contributed by atoms with E-state index in [4.69, 9.17) is 21.1 Å². The predicted octanol–water partition coefficient (Wildman–Crippen LogP) is 5.61.